The molecule has 0 saturated carbocycles. The van der Waals surface area contributed by atoms with Crippen molar-refractivity contribution in [2.75, 3.05) is 25.1 Å². The summed E-state index contributed by atoms with van der Waals surface area (Å²) in [6.07, 6.45) is 2.85. The largest absolute Gasteiger partial charge is 0.490 e. The number of fused-ring (bicyclic) bond motifs is 1. The normalized spacial score (nSPS) is 19.1. The SMILES string of the molecule is Cc1cccc(NC(=O)N2CCCC2c2ccc3c(c2)OCCCO3)c1. The lowest BCUT2D eigenvalue weighted by Gasteiger charge is -2.26. The average Bonchev–Trinajstić information content (AvgIpc) is 3.01. The Kier molecular flexibility index (Phi) is 4.69. The van der Waals surface area contributed by atoms with Crippen LogP contribution in [0.3, 0.4) is 0 Å². The molecule has 1 N–H and O–H groups in total. The number of carbonyl (C=O) groups is 1. The standard InChI is InChI=1S/C21H24N2O3/c1-15-5-2-6-17(13-15)22-21(24)23-10-3-7-18(23)16-8-9-19-20(14-16)26-12-4-11-25-19/h2,5-6,8-9,13-14,18H,3-4,7,10-12H2,1H3,(H,22,24). The molecule has 5 nitrogen and oxygen atoms in total. The first-order chi connectivity index (χ1) is 12.7. The second kappa shape index (κ2) is 7.28. The molecule has 5 heteroatoms. The summed E-state index contributed by atoms with van der Waals surface area (Å²) >= 11 is 0. The molecule has 136 valence electrons. The van der Waals surface area contributed by atoms with Gasteiger partial charge in [-0.2, -0.15) is 0 Å². The number of carbonyl (C=O) groups excluding carboxylic acids is 1. The first kappa shape index (κ1) is 16.8. The lowest BCUT2D eigenvalue weighted by molar-refractivity contribution is 0.207. The van der Waals surface area contributed by atoms with Crippen LogP contribution in [0.15, 0.2) is 42.5 Å². The van der Waals surface area contributed by atoms with Crippen LogP contribution in [0.1, 0.15) is 36.4 Å². The van der Waals surface area contributed by atoms with E-state index in [0.29, 0.717) is 13.2 Å². The quantitative estimate of drug-likeness (QED) is 0.864. The highest BCUT2D eigenvalue weighted by molar-refractivity contribution is 5.90. The number of benzene rings is 2. The van der Waals surface area contributed by atoms with Crippen LogP contribution >= 0.6 is 0 Å². The lowest BCUT2D eigenvalue weighted by Crippen LogP contribution is -2.34. The van der Waals surface area contributed by atoms with Crippen molar-refractivity contribution in [3.8, 4) is 11.5 Å². The Morgan fingerprint density at radius 3 is 2.77 bits per heavy atom. The molecule has 0 aliphatic carbocycles. The van der Waals surface area contributed by atoms with Crippen molar-refractivity contribution in [1.82, 2.24) is 4.90 Å². The van der Waals surface area contributed by atoms with Gasteiger partial charge in [-0.15, -0.1) is 0 Å². The molecule has 0 aromatic heterocycles. The molecule has 0 spiro atoms. The summed E-state index contributed by atoms with van der Waals surface area (Å²) in [6, 6.07) is 13.9. The van der Waals surface area contributed by atoms with E-state index in [9.17, 15) is 4.79 Å². The number of nitrogens with zero attached hydrogens (tertiary/aromatic N) is 1. The van der Waals surface area contributed by atoms with Crippen LogP contribution in [0.25, 0.3) is 0 Å². The van der Waals surface area contributed by atoms with E-state index in [2.05, 4.69) is 11.4 Å². The number of hydrogen-bond acceptors (Lipinski definition) is 3. The maximum absolute atomic E-state index is 12.8. The van der Waals surface area contributed by atoms with E-state index in [1.54, 1.807) is 0 Å². The molecule has 1 fully saturated rings. The van der Waals surface area contributed by atoms with E-state index in [1.807, 2.05) is 48.2 Å². The van der Waals surface area contributed by atoms with Gasteiger partial charge in [0.25, 0.3) is 0 Å². The number of nitrogens with one attached hydrogen (secondary N) is 1. The Hall–Kier alpha value is -2.69. The van der Waals surface area contributed by atoms with E-state index in [1.165, 1.54) is 0 Å². The van der Waals surface area contributed by atoms with E-state index in [0.717, 1.165) is 54.1 Å². The van der Waals surface area contributed by atoms with Crippen LogP contribution < -0.4 is 14.8 Å². The van der Waals surface area contributed by atoms with Crippen molar-refractivity contribution in [2.45, 2.75) is 32.2 Å². The molecule has 2 heterocycles. The lowest BCUT2D eigenvalue weighted by atomic mass is 10.0. The fraction of sp³-hybridized carbons (Fsp3) is 0.381. The van der Waals surface area contributed by atoms with Crippen molar-refractivity contribution in [3.63, 3.8) is 0 Å². The molecule has 0 radical (unpaired) electrons. The zero-order valence-electron chi connectivity index (χ0n) is 15.0. The number of anilines is 1. The van der Waals surface area contributed by atoms with Gasteiger partial charge in [0.05, 0.1) is 19.3 Å². The summed E-state index contributed by atoms with van der Waals surface area (Å²) in [6.45, 7) is 4.13. The van der Waals surface area contributed by atoms with Crippen molar-refractivity contribution in [1.29, 1.82) is 0 Å². The number of rotatable bonds is 2. The van der Waals surface area contributed by atoms with Crippen molar-refractivity contribution in [3.05, 3.63) is 53.6 Å². The smallest absolute Gasteiger partial charge is 0.322 e. The first-order valence-electron chi connectivity index (χ1n) is 9.24. The third-order valence-electron chi connectivity index (χ3n) is 4.94. The predicted octanol–water partition coefficient (Wildman–Crippen LogP) is 4.53. The van der Waals surface area contributed by atoms with Gasteiger partial charge >= 0.3 is 6.03 Å². The molecular formula is C21H24N2O3. The summed E-state index contributed by atoms with van der Waals surface area (Å²) in [5, 5.41) is 3.03. The van der Waals surface area contributed by atoms with Crippen LogP contribution in [0.2, 0.25) is 0 Å². The number of ether oxygens (including phenoxy) is 2. The monoisotopic (exact) mass is 352 g/mol. The van der Waals surface area contributed by atoms with Crippen molar-refractivity contribution < 1.29 is 14.3 Å². The number of urea groups is 1. The van der Waals surface area contributed by atoms with Gasteiger partial charge in [0.1, 0.15) is 0 Å². The summed E-state index contributed by atoms with van der Waals surface area (Å²) in [4.78, 5) is 14.7. The Morgan fingerprint density at radius 2 is 1.92 bits per heavy atom. The van der Waals surface area contributed by atoms with Gasteiger partial charge in [-0.05, 0) is 55.2 Å². The number of likely N-dealkylation sites (tertiary alicyclic amines) is 1. The second-order valence-corrected chi connectivity index (χ2v) is 6.91. The fourth-order valence-corrected chi connectivity index (χ4v) is 3.66. The Bertz CT molecular complexity index is 806. The third-order valence-corrected chi connectivity index (χ3v) is 4.94. The van der Waals surface area contributed by atoms with E-state index >= 15 is 0 Å². The highest BCUT2D eigenvalue weighted by atomic mass is 16.5. The summed E-state index contributed by atoms with van der Waals surface area (Å²) in [5.41, 5.74) is 3.06. The summed E-state index contributed by atoms with van der Waals surface area (Å²) in [7, 11) is 0. The molecule has 1 unspecified atom stereocenters. The van der Waals surface area contributed by atoms with Gasteiger partial charge in [0.15, 0.2) is 11.5 Å². The van der Waals surface area contributed by atoms with Gasteiger partial charge in [-0.25, -0.2) is 4.79 Å². The highest BCUT2D eigenvalue weighted by Gasteiger charge is 2.31. The van der Waals surface area contributed by atoms with Gasteiger partial charge in [-0.1, -0.05) is 18.2 Å². The molecule has 4 rings (SSSR count). The maximum atomic E-state index is 12.8. The maximum Gasteiger partial charge on any atom is 0.322 e. The molecule has 1 saturated heterocycles. The molecule has 1 atom stereocenters. The van der Waals surface area contributed by atoms with Gasteiger partial charge in [0, 0.05) is 18.7 Å². The molecule has 2 aromatic rings. The summed E-state index contributed by atoms with van der Waals surface area (Å²) < 4.78 is 11.5. The highest BCUT2D eigenvalue weighted by Crippen LogP contribution is 2.38. The van der Waals surface area contributed by atoms with E-state index in [-0.39, 0.29) is 12.1 Å². The first-order valence-corrected chi connectivity index (χ1v) is 9.24. The molecule has 2 aliphatic rings. The number of hydrogen-bond donors (Lipinski definition) is 1. The molecule has 0 bridgehead atoms. The minimum absolute atomic E-state index is 0.0507. The second-order valence-electron chi connectivity index (χ2n) is 6.91. The predicted molar refractivity (Wildman–Crippen MR) is 101 cm³/mol. The Morgan fingerprint density at radius 1 is 1.08 bits per heavy atom. The van der Waals surface area contributed by atoms with E-state index < -0.39 is 0 Å². The third kappa shape index (κ3) is 3.47. The molecule has 26 heavy (non-hydrogen) atoms. The van der Waals surface area contributed by atoms with E-state index in [4.69, 9.17) is 9.47 Å². The van der Waals surface area contributed by atoms with Crippen LogP contribution in [0, 0.1) is 6.92 Å². The van der Waals surface area contributed by atoms with Gasteiger partial charge < -0.3 is 19.7 Å². The van der Waals surface area contributed by atoms with Gasteiger partial charge in [0.2, 0.25) is 0 Å². The summed E-state index contributed by atoms with van der Waals surface area (Å²) in [5.74, 6) is 1.57. The van der Waals surface area contributed by atoms with Crippen LogP contribution in [-0.4, -0.2) is 30.7 Å². The van der Waals surface area contributed by atoms with Crippen LogP contribution in [0.5, 0.6) is 11.5 Å². The molecule has 2 aliphatic heterocycles. The van der Waals surface area contributed by atoms with Gasteiger partial charge in [-0.3, -0.25) is 0 Å². The topological polar surface area (TPSA) is 50.8 Å². The molecule has 2 amide bonds. The van der Waals surface area contributed by atoms with Crippen molar-refractivity contribution in [2.24, 2.45) is 0 Å². The zero-order valence-corrected chi connectivity index (χ0v) is 15.0. The van der Waals surface area contributed by atoms with Crippen LogP contribution in [-0.2, 0) is 0 Å². The zero-order chi connectivity index (χ0) is 17.9. The molecular weight excluding hydrogens is 328 g/mol. The minimum Gasteiger partial charge on any atom is -0.490 e. The Balaban J connectivity index is 1.53. The number of aryl methyl sites for hydroxylation is 1. The minimum atomic E-state index is -0.0507. The fourth-order valence-electron chi connectivity index (χ4n) is 3.66. The molecule has 2 aromatic carbocycles. The Labute approximate surface area is 153 Å². The average molecular weight is 352 g/mol. The number of amides is 2. The van der Waals surface area contributed by atoms with Crippen LogP contribution in [0.4, 0.5) is 10.5 Å². The van der Waals surface area contributed by atoms with Crippen molar-refractivity contribution >= 4 is 11.7 Å².